The molecule has 168 valence electrons. The smallest absolute Gasteiger partial charge is 0.342 e. The molecule has 32 heavy (non-hydrogen) atoms. The Bertz CT molecular complexity index is 1120. The molecule has 8 heteroatoms. The summed E-state index contributed by atoms with van der Waals surface area (Å²) in [5.41, 5.74) is 0.546. The molecule has 0 atom stereocenters. The van der Waals surface area contributed by atoms with E-state index >= 15 is 0 Å². The molecule has 0 saturated carbocycles. The number of H-pyrrole nitrogens is 1. The monoisotopic (exact) mass is 441 g/mol. The minimum atomic E-state index is -1.12. The zero-order chi connectivity index (χ0) is 23.5. The molecular formula is C24H25F2N3O3. The van der Waals surface area contributed by atoms with Gasteiger partial charge in [0.25, 0.3) is 5.91 Å². The van der Waals surface area contributed by atoms with Gasteiger partial charge in [-0.05, 0) is 44.2 Å². The lowest BCUT2D eigenvalue weighted by Gasteiger charge is -2.29. The summed E-state index contributed by atoms with van der Waals surface area (Å²) in [6.07, 6.45) is 5.89. The molecule has 1 N–H and O–H groups in total. The van der Waals surface area contributed by atoms with Crippen LogP contribution in [-0.4, -0.2) is 39.4 Å². The Morgan fingerprint density at radius 3 is 2.62 bits per heavy atom. The number of nitrogens with zero attached hydrogens (tertiary/aromatic N) is 2. The van der Waals surface area contributed by atoms with Gasteiger partial charge in [0.15, 0.2) is 11.6 Å². The fraction of sp³-hybridized carbons (Fsp3) is 0.292. The maximum Gasteiger partial charge on any atom is 0.342 e. The number of hydrogen-bond acceptors (Lipinski definition) is 4. The van der Waals surface area contributed by atoms with Gasteiger partial charge in [0.05, 0.1) is 17.4 Å². The topological polar surface area (TPSA) is 75.3 Å². The zero-order valence-electron chi connectivity index (χ0n) is 18.4. The van der Waals surface area contributed by atoms with Gasteiger partial charge in [-0.1, -0.05) is 13.8 Å². The molecule has 2 heterocycles. The van der Waals surface area contributed by atoms with E-state index in [4.69, 9.17) is 4.74 Å². The van der Waals surface area contributed by atoms with Crippen LogP contribution in [0.3, 0.4) is 0 Å². The van der Waals surface area contributed by atoms with Crippen LogP contribution in [0.5, 0.6) is 0 Å². The highest BCUT2D eigenvalue weighted by molar-refractivity contribution is 6.17. The Labute approximate surface area is 185 Å². The lowest BCUT2D eigenvalue weighted by molar-refractivity contribution is -0.140. The van der Waals surface area contributed by atoms with Crippen molar-refractivity contribution in [2.45, 2.75) is 39.2 Å². The molecule has 0 saturated heterocycles. The van der Waals surface area contributed by atoms with E-state index in [1.54, 1.807) is 44.6 Å². The number of carbonyl (C=O) groups excluding carboxylic acids is 2. The molecule has 0 spiro atoms. The molecule has 1 aliphatic heterocycles. The number of carbonyl (C=O) groups is 2. The second-order valence-electron chi connectivity index (χ2n) is 8.35. The van der Waals surface area contributed by atoms with Crippen LogP contribution in [0.25, 0.3) is 5.57 Å². The summed E-state index contributed by atoms with van der Waals surface area (Å²) < 4.78 is 32.6. The number of rotatable bonds is 3. The van der Waals surface area contributed by atoms with Crippen LogP contribution < -0.4 is 0 Å². The first-order valence-electron chi connectivity index (χ1n) is 10.2. The van der Waals surface area contributed by atoms with E-state index in [1.807, 2.05) is 13.8 Å². The SMILES string of the molecule is CC(C)OC(=O)C1=CN(C(=O)c2ccc(F)c(F)c2)CC(C)(C)c2cncccc[nH]c21. The molecule has 1 aliphatic rings. The number of benzene rings is 1. The van der Waals surface area contributed by atoms with Gasteiger partial charge in [0.1, 0.15) is 0 Å². The predicted octanol–water partition coefficient (Wildman–Crippen LogP) is 4.54. The van der Waals surface area contributed by atoms with E-state index in [1.165, 1.54) is 17.2 Å². The summed E-state index contributed by atoms with van der Waals surface area (Å²) in [5.74, 6) is -3.38. The average Bonchev–Trinajstić information content (AvgIpc) is 2.78. The van der Waals surface area contributed by atoms with E-state index in [0.29, 0.717) is 11.3 Å². The van der Waals surface area contributed by atoms with Gasteiger partial charge in [0, 0.05) is 47.9 Å². The summed E-state index contributed by atoms with van der Waals surface area (Å²) in [7, 11) is 0. The first kappa shape index (κ1) is 23.1. The minimum absolute atomic E-state index is 0.0388. The Morgan fingerprint density at radius 1 is 1.19 bits per heavy atom. The van der Waals surface area contributed by atoms with Crippen LogP contribution in [0, 0.1) is 11.6 Å². The summed E-state index contributed by atoms with van der Waals surface area (Å²) >= 11 is 0. The standard InChI is InChI=1S/C24H25F2N3O3/c1-15(2)32-23(31)17-13-29(22(30)16-7-8-19(25)20(26)11-16)14-24(3,4)18-12-27-9-5-6-10-28-21(17)18/h5-13,15,28H,14H2,1-4H3. The molecular weight excluding hydrogens is 416 g/mol. The van der Waals surface area contributed by atoms with Gasteiger partial charge in [-0.25, -0.2) is 13.6 Å². The second-order valence-corrected chi connectivity index (χ2v) is 8.35. The number of halogens is 2. The first-order valence-corrected chi connectivity index (χ1v) is 10.2. The molecule has 6 nitrogen and oxygen atoms in total. The summed E-state index contributed by atoms with van der Waals surface area (Å²) in [4.78, 5) is 35.0. The fourth-order valence-electron chi connectivity index (χ4n) is 3.42. The molecule has 1 aromatic heterocycles. The van der Waals surface area contributed by atoms with Crippen LogP contribution in [-0.2, 0) is 14.9 Å². The molecule has 1 aromatic carbocycles. The van der Waals surface area contributed by atoms with E-state index in [9.17, 15) is 18.4 Å². The molecule has 0 unspecified atom stereocenters. The van der Waals surface area contributed by atoms with Gasteiger partial charge < -0.3 is 14.6 Å². The Kier molecular flexibility index (Phi) is 6.72. The van der Waals surface area contributed by atoms with Crippen molar-refractivity contribution >= 4 is 17.4 Å². The summed E-state index contributed by atoms with van der Waals surface area (Å²) in [6.45, 7) is 7.40. The number of hydrogen-bond donors (Lipinski definition) is 1. The molecule has 0 aliphatic carbocycles. The van der Waals surface area contributed by atoms with Gasteiger partial charge in [-0.15, -0.1) is 0 Å². The van der Waals surface area contributed by atoms with Crippen molar-refractivity contribution in [3.05, 3.63) is 83.6 Å². The molecule has 0 fully saturated rings. The second kappa shape index (κ2) is 9.30. The summed E-state index contributed by atoms with van der Waals surface area (Å²) in [5, 5.41) is 0. The molecule has 3 rings (SSSR count). The zero-order valence-corrected chi connectivity index (χ0v) is 18.4. The van der Waals surface area contributed by atoms with Crippen LogP contribution in [0.4, 0.5) is 8.78 Å². The normalized spacial score (nSPS) is 14.7. The van der Waals surface area contributed by atoms with Crippen molar-refractivity contribution in [2.24, 2.45) is 0 Å². The highest BCUT2D eigenvalue weighted by Gasteiger charge is 2.35. The Hall–Kier alpha value is -3.55. The van der Waals surface area contributed by atoms with Gasteiger partial charge in [-0.3, -0.25) is 9.78 Å². The van der Waals surface area contributed by atoms with E-state index in [-0.39, 0.29) is 23.8 Å². The predicted molar refractivity (Wildman–Crippen MR) is 116 cm³/mol. The van der Waals surface area contributed by atoms with Crippen molar-refractivity contribution in [1.82, 2.24) is 14.9 Å². The van der Waals surface area contributed by atoms with E-state index < -0.39 is 28.9 Å². The maximum absolute atomic E-state index is 13.8. The van der Waals surface area contributed by atoms with Gasteiger partial charge >= 0.3 is 5.97 Å². The molecule has 0 bridgehead atoms. The van der Waals surface area contributed by atoms with Gasteiger partial charge in [-0.2, -0.15) is 0 Å². The van der Waals surface area contributed by atoms with Gasteiger partial charge in [0.2, 0.25) is 0 Å². The van der Waals surface area contributed by atoms with Crippen molar-refractivity contribution < 1.29 is 23.1 Å². The molecule has 1 amide bonds. The third kappa shape index (κ3) is 5.01. The quantitative estimate of drug-likeness (QED) is 0.710. The highest BCUT2D eigenvalue weighted by Crippen LogP contribution is 2.34. The largest absolute Gasteiger partial charge is 0.459 e. The van der Waals surface area contributed by atoms with Crippen LogP contribution >= 0.6 is 0 Å². The number of fused-ring (bicyclic) bond motifs is 1. The van der Waals surface area contributed by atoms with Crippen molar-refractivity contribution in [3.63, 3.8) is 0 Å². The molecule has 0 radical (unpaired) electrons. The van der Waals surface area contributed by atoms with Crippen LogP contribution in [0.1, 0.15) is 49.3 Å². The number of esters is 1. The Balaban J connectivity index is 2.21. The van der Waals surface area contributed by atoms with Crippen molar-refractivity contribution in [3.8, 4) is 0 Å². The third-order valence-corrected chi connectivity index (χ3v) is 4.92. The van der Waals surface area contributed by atoms with Crippen molar-refractivity contribution in [2.75, 3.05) is 6.54 Å². The number of aromatic amines is 1. The van der Waals surface area contributed by atoms with Crippen LogP contribution in [0.2, 0.25) is 0 Å². The van der Waals surface area contributed by atoms with Crippen LogP contribution in [0.15, 0.2) is 55.1 Å². The number of amides is 1. The van der Waals surface area contributed by atoms with Crippen molar-refractivity contribution in [1.29, 1.82) is 0 Å². The summed E-state index contributed by atoms with van der Waals surface area (Å²) in [6, 6.07) is 6.41. The minimum Gasteiger partial charge on any atom is -0.459 e. The first-order chi connectivity index (χ1) is 15.1. The molecule has 2 aromatic rings. The number of aromatic nitrogens is 2. The maximum atomic E-state index is 13.8. The third-order valence-electron chi connectivity index (χ3n) is 4.92. The number of nitrogens with one attached hydrogen (secondary N) is 1. The lowest BCUT2D eigenvalue weighted by atomic mass is 9.83. The lowest BCUT2D eigenvalue weighted by Crippen LogP contribution is -2.37. The Morgan fingerprint density at radius 2 is 1.94 bits per heavy atom. The number of ether oxygens (including phenoxy) is 1. The highest BCUT2D eigenvalue weighted by atomic mass is 19.2. The fourth-order valence-corrected chi connectivity index (χ4v) is 3.42. The van der Waals surface area contributed by atoms with E-state index in [0.717, 1.165) is 12.1 Å². The average molecular weight is 441 g/mol. The van der Waals surface area contributed by atoms with E-state index in [2.05, 4.69) is 9.97 Å².